The van der Waals surface area contributed by atoms with E-state index >= 15 is 0 Å². The van der Waals surface area contributed by atoms with Crippen molar-refractivity contribution in [2.45, 2.75) is 32.2 Å². The fraction of sp³-hybridized carbons (Fsp3) is 0.138. The van der Waals surface area contributed by atoms with Crippen molar-refractivity contribution in [3.8, 4) is 0 Å². The number of benzene rings is 6. The molecule has 4 aliphatic rings. The van der Waals surface area contributed by atoms with Crippen LogP contribution in [0.1, 0.15) is 43.6 Å². The first-order chi connectivity index (χ1) is 31.4. The predicted octanol–water partition coefficient (Wildman–Crippen LogP) is 12.1. The molecule has 0 N–H and O–H groups in total. The van der Waals surface area contributed by atoms with Crippen LogP contribution in [-0.2, 0) is 0 Å². The van der Waals surface area contributed by atoms with Crippen molar-refractivity contribution in [2.75, 3.05) is 6.66 Å². The molecule has 11 rings (SSSR count). The van der Waals surface area contributed by atoms with E-state index in [4.69, 9.17) is 17.2 Å². The molecule has 0 amide bonds. The molecule has 3 nitrogen and oxygen atoms in total. The molecule has 7 aromatic rings. The molecule has 0 radical (unpaired) electrons. The summed E-state index contributed by atoms with van der Waals surface area (Å²) in [6.07, 6.45) is 25.3. The molecule has 0 fully saturated rings. The van der Waals surface area contributed by atoms with Gasteiger partial charge in [-0.15, -0.1) is 5.45 Å². The topological polar surface area (TPSA) is 30.2 Å². The van der Waals surface area contributed by atoms with Crippen molar-refractivity contribution in [3.63, 3.8) is 0 Å². The van der Waals surface area contributed by atoms with E-state index in [1.807, 2.05) is 25.3 Å². The number of thiol groups is 1. The Morgan fingerprint density at radius 1 is 0.812 bits per heavy atom. The van der Waals surface area contributed by atoms with Crippen LogP contribution in [0.2, 0.25) is 0 Å². The molecule has 0 spiro atoms. The number of imidazole rings is 1. The number of nitrogens with zero attached hydrogens (tertiary/aromatic N) is 3. The van der Waals surface area contributed by atoms with E-state index < -0.39 is 13.4 Å². The van der Waals surface area contributed by atoms with Crippen molar-refractivity contribution >= 4 is 96.7 Å². The van der Waals surface area contributed by atoms with Gasteiger partial charge < -0.3 is 0 Å². The van der Waals surface area contributed by atoms with Gasteiger partial charge >= 0.3 is 289 Å². The number of aliphatic imine (C=N–C) groups is 1. The SMILES string of the molecule is C/C=C\N=C/C=C=P(C)(c1ccccc1)c1ccc2cc(C3=CC4C(C=C3)C3=C(CCC5CC=CC=C35)c3nc5ccc([PH](S)(c6ccccc6)c6ccccc6)cc5n34)ccc2c1. The first-order valence-electron chi connectivity index (χ1n) is 22.5. The van der Waals surface area contributed by atoms with E-state index in [0.717, 1.165) is 30.6 Å². The summed E-state index contributed by atoms with van der Waals surface area (Å²) in [5, 5.41) is 8.89. The molecule has 1 aliphatic heterocycles. The van der Waals surface area contributed by atoms with E-state index in [-0.39, 0.29) is 12.0 Å². The molecule has 4 unspecified atom stereocenters. The first kappa shape index (κ1) is 40.8. The minimum absolute atomic E-state index is 0.0668. The van der Waals surface area contributed by atoms with Crippen LogP contribution in [0.3, 0.4) is 0 Å². The molecular formula is C58H51N3P2S. The van der Waals surface area contributed by atoms with Gasteiger partial charge in [-0.1, -0.05) is 36.4 Å². The van der Waals surface area contributed by atoms with Crippen LogP contribution < -0.4 is 26.5 Å². The zero-order valence-corrected chi connectivity index (χ0v) is 39.0. The molecule has 6 aromatic carbocycles. The number of hydrogen-bond acceptors (Lipinski definition) is 3. The normalized spacial score (nSPS) is 20.3. The van der Waals surface area contributed by atoms with Gasteiger partial charge in [0.15, 0.2) is 0 Å². The number of fused-ring (bicyclic) bond motifs is 10. The molecule has 0 bridgehead atoms. The molecule has 3 aliphatic carbocycles. The second-order valence-corrected chi connectivity index (χ2v) is 26.0. The van der Waals surface area contributed by atoms with E-state index in [0.29, 0.717) is 5.92 Å². The summed E-state index contributed by atoms with van der Waals surface area (Å²) in [4.78, 5) is 9.91. The fourth-order valence-electron chi connectivity index (χ4n) is 10.6. The third kappa shape index (κ3) is 6.97. The van der Waals surface area contributed by atoms with Gasteiger partial charge in [0.1, 0.15) is 0 Å². The van der Waals surface area contributed by atoms with E-state index in [1.165, 1.54) is 70.7 Å². The van der Waals surface area contributed by atoms with Crippen LogP contribution >= 0.6 is 25.6 Å². The van der Waals surface area contributed by atoms with E-state index in [9.17, 15) is 0 Å². The zero-order chi connectivity index (χ0) is 43.3. The van der Waals surface area contributed by atoms with Crippen LogP contribution in [0.25, 0.3) is 33.0 Å². The molecule has 64 heavy (non-hydrogen) atoms. The Morgan fingerprint density at radius 2 is 1.55 bits per heavy atom. The zero-order valence-electron chi connectivity index (χ0n) is 36.2. The summed E-state index contributed by atoms with van der Waals surface area (Å²) in [5.74, 6) is 1.90. The van der Waals surface area contributed by atoms with Crippen molar-refractivity contribution in [3.05, 3.63) is 223 Å². The third-order valence-corrected chi connectivity index (χ3v) is 23.0. The summed E-state index contributed by atoms with van der Waals surface area (Å²) < 4.78 is 2.60. The standard InChI is InChI=1S/C58H51N3P2S/c1-3-34-59-35-15-36-62(2,46-17-7-4-8-18-46)49-29-26-43-37-42(24-25-44(43)38-49)45-28-31-52-55(39-45)61-56-40-50(63(64,47-19-9-5-10-20-47)48-21-11-6-12-22-48)30-33-54(56)60-58(61)53-32-27-41-16-13-14-23-51(41)57(52)53/h3-15,17-26,28-31,33-35,37-41,52,55,63-64H,16,27,32H2,1-2H3/b34-3-,59-35-. The van der Waals surface area contributed by atoms with Crippen LogP contribution in [-0.4, -0.2) is 27.9 Å². The Labute approximate surface area is 382 Å². The maximum atomic E-state index is 5.75. The quantitative estimate of drug-likeness (QED) is 0.0920. The van der Waals surface area contributed by atoms with Gasteiger partial charge in [-0.3, -0.25) is 4.99 Å². The number of allylic oxidation sites excluding steroid dienone is 12. The monoisotopic (exact) mass is 883 g/mol. The first-order valence-corrected chi connectivity index (χ1v) is 28.0. The summed E-state index contributed by atoms with van der Waals surface area (Å²) in [6, 6.07) is 53.7. The average Bonchev–Trinajstić information content (AvgIpc) is 3.75. The Kier molecular flexibility index (Phi) is 10.7. The van der Waals surface area contributed by atoms with Gasteiger partial charge in [0.25, 0.3) is 0 Å². The molecule has 314 valence electrons. The van der Waals surface area contributed by atoms with Crippen LogP contribution in [0, 0.1) is 11.8 Å². The Hall–Kier alpha value is -5.98. The Balaban J connectivity index is 1.04. The number of aromatic nitrogens is 2. The van der Waals surface area contributed by atoms with Gasteiger partial charge in [-0.2, -0.15) is 0 Å². The van der Waals surface area contributed by atoms with Crippen molar-refractivity contribution in [2.24, 2.45) is 16.8 Å². The molecule has 4 atom stereocenters. The van der Waals surface area contributed by atoms with Crippen LogP contribution in [0.5, 0.6) is 0 Å². The van der Waals surface area contributed by atoms with Crippen molar-refractivity contribution in [1.82, 2.24) is 9.55 Å². The van der Waals surface area contributed by atoms with E-state index in [1.54, 1.807) is 6.20 Å². The summed E-state index contributed by atoms with van der Waals surface area (Å²) >= 11 is 5.75. The molecule has 0 saturated heterocycles. The van der Waals surface area contributed by atoms with E-state index in [2.05, 4.69) is 204 Å². The average molecular weight is 884 g/mol. The third-order valence-electron chi connectivity index (χ3n) is 13.9. The number of hydrogen-bond donors (Lipinski definition) is 1. The predicted molar refractivity (Wildman–Crippen MR) is 285 cm³/mol. The molecule has 0 saturated carbocycles. The fourth-order valence-corrected chi connectivity index (χ4v) is 17.5. The van der Waals surface area contributed by atoms with Gasteiger partial charge in [0, 0.05) is 12.4 Å². The maximum absolute atomic E-state index is 5.75. The van der Waals surface area contributed by atoms with Crippen molar-refractivity contribution < 1.29 is 0 Å². The van der Waals surface area contributed by atoms with Gasteiger partial charge in [0.05, 0.1) is 0 Å². The van der Waals surface area contributed by atoms with Gasteiger partial charge in [-0.05, 0) is 37.2 Å². The van der Waals surface area contributed by atoms with Gasteiger partial charge in [-0.25, -0.2) is 0 Å². The second-order valence-electron chi connectivity index (χ2n) is 17.5. The second kappa shape index (κ2) is 16.9. The number of rotatable bonds is 8. The van der Waals surface area contributed by atoms with Crippen molar-refractivity contribution in [1.29, 1.82) is 0 Å². The van der Waals surface area contributed by atoms with Gasteiger partial charge in [0.2, 0.25) is 0 Å². The molecule has 2 heterocycles. The minimum atomic E-state index is -2.67. The van der Waals surface area contributed by atoms with Crippen LogP contribution in [0.15, 0.2) is 217 Å². The molecular weight excluding hydrogens is 833 g/mol. The summed E-state index contributed by atoms with van der Waals surface area (Å²) in [6.45, 7) is -0.310. The Bertz CT molecular complexity index is 3250. The molecule has 1 aromatic heterocycles. The summed E-state index contributed by atoms with van der Waals surface area (Å²) in [7, 11) is 0. The Morgan fingerprint density at radius 3 is 2.31 bits per heavy atom. The summed E-state index contributed by atoms with van der Waals surface area (Å²) in [5.41, 5.74) is 12.9. The molecule has 6 heteroatoms. The van der Waals surface area contributed by atoms with Crippen LogP contribution in [0.4, 0.5) is 0 Å².